The Bertz CT molecular complexity index is 1040. The van der Waals surface area contributed by atoms with Crippen LogP contribution in [0.1, 0.15) is 33.9 Å². The first kappa shape index (κ1) is 20.6. The van der Waals surface area contributed by atoms with E-state index in [0.29, 0.717) is 33.7 Å². The first-order chi connectivity index (χ1) is 13.4. The van der Waals surface area contributed by atoms with Gasteiger partial charge in [0, 0.05) is 14.6 Å². The van der Waals surface area contributed by atoms with Crippen LogP contribution in [0.3, 0.4) is 0 Å². The first-order valence-electron chi connectivity index (χ1n) is 8.57. The largest absolute Gasteiger partial charge is 0.492 e. The molecule has 0 saturated carbocycles. The van der Waals surface area contributed by atoms with E-state index in [0.717, 1.165) is 14.6 Å². The highest BCUT2D eigenvalue weighted by atomic mass is 79.9. The molecule has 0 radical (unpaired) electrons. The summed E-state index contributed by atoms with van der Waals surface area (Å²) in [7, 11) is 0. The smallest absolute Gasteiger partial charge is 0.281 e. The molecule has 28 heavy (non-hydrogen) atoms. The van der Waals surface area contributed by atoms with Crippen molar-refractivity contribution in [2.24, 2.45) is 5.92 Å². The van der Waals surface area contributed by atoms with Crippen LogP contribution >= 0.6 is 38.9 Å². The van der Waals surface area contributed by atoms with Gasteiger partial charge < -0.3 is 4.74 Å². The Hall–Kier alpha value is -2.09. The third-order valence-corrected chi connectivity index (χ3v) is 5.96. The topological polar surface area (TPSA) is 67.4 Å². The number of fused-ring (bicyclic) bond motifs is 1. The Morgan fingerprint density at radius 3 is 2.57 bits per heavy atom. The molecule has 1 aromatic heterocycles. The Morgan fingerprint density at radius 2 is 1.86 bits per heavy atom. The van der Waals surface area contributed by atoms with Gasteiger partial charge in [-0.3, -0.25) is 20.4 Å². The van der Waals surface area contributed by atoms with E-state index in [1.54, 1.807) is 18.2 Å². The van der Waals surface area contributed by atoms with Gasteiger partial charge in [-0.2, -0.15) is 0 Å². The molecule has 0 aliphatic heterocycles. The number of nitrogens with one attached hydrogen (secondary N) is 2. The number of hydrogen-bond acceptors (Lipinski definition) is 4. The van der Waals surface area contributed by atoms with Gasteiger partial charge in [0.15, 0.2) is 0 Å². The zero-order valence-corrected chi connectivity index (χ0v) is 18.4. The van der Waals surface area contributed by atoms with Crippen LogP contribution in [-0.2, 0) is 0 Å². The molecule has 5 nitrogen and oxygen atoms in total. The number of carbonyl (C=O) groups is 2. The predicted octanol–water partition coefficient (Wildman–Crippen LogP) is 5.43. The summed E-state index contributed by atoms with van der Waals surface area (Å²) in [6.45, 7) is 4.52. The van der Waals surface area contributed by atoms with Crippen LogP contribution in [0, 0.1) is 5.92 Å². The minimum atomic E-state index is -0.481. The van der Waals surface area contributed by atoms with Crippen molar-refractivity contribution >= 4 is 60.8 Å². The third kappa shape index (κ3) is 4.66. The maximum absolute atomic E-state index is 12.6. The van der Waals surface area contributed by atoms with E-state index in [9.17, 15) is 9.59 Å². The minimum absolute atomic E-state index is 0.314. The Balaban J connectivity index is 1.73. The van der Waals surface area contributed by atoms with Crippen molar-refractivity contribution in [3.05, 3.63) is 62.4 Å². The summed E-state index contributed by atoms with van der Waals surface area (Å²) in [6.07, 6.45) is 0. The zero-order chi connectivity index (χ0) is 20.3. The number of hydrogen-bond donors (Lipinski definition) is 2. The van der Waals surface area contributed by atoms with Crippen LogP contribution in [0.25, 0.3) is 10.1 Å². The van der Waals surface area contributed by atoms with Crippen molar-refractivity contribution in [2.75, 3.05) is 6.61 Å². The molecule has 0 aliphatic carbocycles. The number of halogens is 2. The number of carbonyl (C=O) groups excluding carboxylic acids is 2. The summed E-state index contributed by atoms with van der Waals surface area (Å²) >= 11 is 10.9. The Morgan fingerprint density at radius 1 is 1.14 bits per heavy atom. The van der Waals surface area contributed by atoms with Gasteiger partial charge in [-0.05, 0) is 30.2 Å². The number of rotatable bonds is 5. The van der Waals surface area contributed by atoms with Crippen LogP contribution in [0.5, 0.6) is 5.75 Å². The average Bonchev–Trinajstić information content (AvgIpc) is 3.01. The summed E-state index contributed by atoms with van der Waals surface area (Å²) in [5.41, 5.74) is 5.18. The molecule has 2 N–H and O–H groups in total. The lowest BCUT2D eigenvalue weighted by molar-refractivity contribution is 0.0846. The molecule has 8 heteroatoms. The molecule has 0 atom stereocenters. The molecule has 0 unspecified atom stereocenters. The summed E-state index contributed by atoms with van der Waals surface area (Å²) in [6, 6.07) is 12.6. The van der Waals surface area contributed by atoms with E-state index in [1.807, 2.05) is 38.1 Å². The third-order valence-electron chi connectivity index (χ3n) is 3.79. The standard InChI is InChI=1S/C20H18BrClN2O3S/c1-11(2)10-27-15-8-7-12(21)9-14(15)19(25)23-24-20(26)18-17(22)13-5-3-4-6-16(13)28-18/h3-9,11H,10H2,1-2H3,(H,23,25)(H,24,26). The van der Waals surface area contributed by atoms with E-state index in [4.69, 9.17) is 16.3 Å². The summed E-state index contributed by atoms with van der Waals surface area (Å²) in [5.74, 6) is -0.192. The van der Waals surface area contributed by atoms with E-state index >= 15 is 0 Å². The number of thiophene rings is 1. The molecule has 3 aromatic rings. The fraction of sp³-hybridized carbons (Fsp3) is 0.200. The van der Waals surface area contributed by atoms with Gasteiger partial charge in [-0.15, -0.1) is 11.3 Å². The maximum Gasteiger partial charge on any atom is 0.281 e. The lowest BCUT2D eigenvalue weighted by Gasteiger charge is -2.14. The van der Waals surface area contributed by atoms with Crippen LogP contribution < -0.4 is 15.6 Å². The summed E-state index contributed by atoms with van der Waals surface area (Å²) < 4.78 is 7.34. The van der Waals surface area contributed by atoms with Crippen molar-refractivity contribution < 1.29 is 14.3 Å². The van der Waals surface area contributed by atoms with Gasteiger partial charge in [-0.25, -0.2) is 0 Å². The molecule has 2 amide bonds. The first-order valence-corrected chi connectivity index (χ1v) is 10.6. The molecule has 0 aliphatic rings. The normalized spacial score (nSPS) is 10.9. The average molecular weight is 482 g/mol. The van der Waals surface area contributed by atoms with Gasteiger partial charge in [0.1, 0.15) is 10.6 Å². The van der Waals surface area contributed by atoms with Crippen molar-refractivity contribution in [2.45, 2.75) is 13.8 Å². The molecular weight excluding hydrogens is 464 g/mol. The quantitative estimate of drug-likeness (QED) is 0.478. The highest BCUT2D eigenvalue weighted by molar-refractivity contribution is 9.10. The zero-order valence-electron chi connectivity index (χ0n) is 15.2. The molecule has 2 aromatic carbocycles. The predicted molar refractivity (Wildman–Crippen MR) is 116 cm³/mol. The van der Waals surface area contributed by atoms with Gasteiger partial charge in [0.2, 0.25) is 0 Å². The second-order valence-electron chi connectivity index (χ2n) is 6.49. The Kier molecular flexibility index (Phi) is 6.59. The van der Waals surface area contributed by atoms with Gasteiger partial charge in [0.25, 0.3) is 11.8 Å². The second kappa shape index (κ2) is 8.94. The van der Waals surface area contributed by atoms with Gasteiger partial charge in [0.05, 0.1) is 17.2 Å². The molecule has 0 fully saturated rings. The van der Waals surface area contributed by atoms with E-state index in [2.05, 4.69) is 26.8 Å². The van der Waals surface area contributed by atoms with Crippen LogP contribution in [0.4, 0.5) is 0 Å². The lowest BCUT2D eigenvalue weighted by atomic mass is 10.2. The van der Waals surface area contributed by atoms with Gasteiger partial charge in [-0.1, -0.05) is 59.6 Å². The van der Waals surface area contributed by atoms with Crippen molar-refractivity contribution in [3.8, 4) is 5.75 Å². The van der Waals surface area contributed by atoms with E-state index in [1.165, 1.54) is 11.3 Å². The van der Waals surface area contributed by atoms with Crippen molar-refractivity contribution in [3.63, 3.8) is 0 Å². The fourth-order valence-electron chi connectivity index (χ4n) is 2.46. The SMILES string of the molecule is CC(C)COc1ccc(Br)cc1C(=O)NNC(=O)c1sc2ccccc2c1Cl. The van der Waals surface area contributed by atoms with Crippen molar-refractivity contribution in [1.82, 2.24) is 10.9 Å². The summed E-state index contributed by atoms with van der Waals surface area (Å²) in [5, 5.41) is 1.18. The van der Waals surface area contributed by atoms with Crippen molar-refractivity contribution in [1.29, 1.82) is 0 Å². The maximum atomic E-state index is 12.6. The minimum Gasteiger partial charge on any atom is -0.492 e. The molecule has 1 heterocycles. The van der Waals surface area contributed by atoms with Crippen LogP contribution in [0.2, 0.25) is 5.02 Å². The molecule has 0 saturated heterocycles. The highest BCUT2D eigenvalue weighted by Gasteiger charge is 2.19. The highest BCUT2D eigenvalue weighted by Crippen LogP contribution is 2.34. The van der Waals surface area contributed by atoms with Crippen LogP contribution in [0.15, 0.2) is 46.9 Å². The number of amides is 2. The number of benzene rings is 2. The lowest BCUT2D eigenvalue weighted by Crippen LogP contribution is -2.41. The summed E-state index contributed by atoms with van der Waals surface area (Å²) in [4.78, 5) is 25.4. The molecule has 0 bridgehead atoms. The van der Waals surface area contributed by atoms with Crippen LogP contribution in [-0.4, -0.2) is 18.4 Å². The van der Waals surface area contributed by atoms with E-state index < -0.39 is 11.8 Å². The second-order valence-corrected chi connectivity index (χ2v) is 8.84. The molecular formula is C20H18BrClN2O3S. The Labute approximate surface area is 180 Å². The fourth-order valence-corrected chi connectivity index (χ4v) is 4.23. The molecule has 0 spiro atoms. The van der Waals surface area contributed by atoms with Gasteiger partial charge >= 0.3 is 0 Å². The molecule has 3 rings (SSSR count). The molecule has 146 valence electrons. The number of ether oxygens (including phenoxy) is 1. The van der Waals surface area contributed by atoms with E-state index in [-0.39, 0.29) is 0 Å². The monoisotopic (exact) mass is 480 g/mol. The number of hydrazine groups is 1.